The molecule has 0 aliphatic rings. The van der Waals surface area contributed by atoms with Gasteiger partial charge in [-0.25, -0.2) is 0 Å². The van der Waals surface area contributed by atoms with Gasteiger partial charge in [-0.15, -0.1) is 0 Å². The quantitative estimate of drug-likeness (QED) is 0.658. The number of nitrogens with two attached hydrogens (primary N) is 1. The third-order valence-corrected chi connectivity index (χ3v) is 2.76. The summed E-state index contributed by atoms with van der Waals surface area (Å²) in [5.41, 5.74) is 5.23. The van der Waals surface area contributed by atoms with Gasteiger partial charge in [-0.05, 0) is 36.8 Å². The van der Waals surface area contributed by atoms with Crippen LogP contribution in [0.25, 0.3) is 0 Å². The molecule has 0 radical (unpaired) electrons. The average Bonchev–Trinajstić information content (AvgIpc) is 2.40. The van der Waals surface area contributed by atoms with Gasteiger partial charge in [0.15, 0.2) is 0 Å². The smallest absolute Gasteiger partial charge is 0.138 e. The van der Waals surface area contributed by atoms with Gasteiger partial charge in [0.2, 0.25) is 0 Å². The fourth-order valence-corrected chi connectivity index (χ4v) is 1.69. The molecule has 1 heterocycles. The Morgan fingerprint density at radius 2 is 2.17 bits per heavy atom. The summed E-state index contributed by atoms with van der Waals surface area (Å²) in [6.07, 6.45) is 1.67. The highest BCUT2D eigenvalue weighted by atomic mass is 35.5. The normalized spacial score (nSPS) is 10.2. The number of hydrogen-bond acceptors (Lipinski definition) is 4. The number of rotatable bonds is 4. The third kappa shape index (κ3) is 3.12. The second-order valence-corrected chi connectivity index (χ2v) is 4.31. The molecule has 18 heavy (non-hydrogen) atoms. The van der Waals surface area contributed by atoms with Gasteiger partial charge in [-0.1, -0.05) is 17.7 Å². The predicted octanol–water partition coefficient (Wildman–Crippen LogP) is 2.91. The van der Waals surface area contributed by atoms with E-state index in [0.29, 0.717) is 17.4 Å². The van der Waals surface area contributed by atoms with Crippen molar-refractivity contribution >= 4 is 17.3 Å². The molecule has 3 N–H and O–H groups in total. The molecule has 5 heteroatoms. The van der Waals surface area contributed by atoms with E-state index < -0.39 is 0 Å². The van der Waals surface area contributed by atoms with Crippen molar-refractivity contribution in [1.82, 2.24) is 4.98 Å². The van der Waals surface area contributed by atoms with Gasteiger partial charge in [0.25, 0.3) is 0 Å². The van der Waals surface area contributed by atoms with E-state index in [1.807, 2.05) is 31.2 Å². The van der Waals surface area contributed by atoms with Crippen LogP contribution in [0.1, 0.15) is 11.3 Å². The first-order valence-corrected chi connectivity index (χ1v) is 5.87. The van der Waals surface area contributed by atoms with E-state index in [9.17, 15) is 0 Å². The van der Waals surface area contributed by atoms with Crippen LogP contribution in [0, 0.1) is 6.92 Å². The number of hydrogen-bond donors (Lipinski definition) is 2. The largest absolute Gasteiger partial charge is 0.486 e. The maximum absolute atomic E-state index is 6.04. The van der Waals surface area contributed by atoms with Crippen molar-refractivity contribution in [3.8, 4) is 5.75 Å². The monoisotopic (exact) mass is 263 g/mol. The molecule has 1 aromatic carbocycles. The van der Waals surface area contributed by atoms with Crippen LogP contribution >= 0.6 is 11.6 Å². The molecule has 0 amide bonds. The van der Waals surface area contributed by atoms with Crippen molar-refractivity contribution in [3.05, 3.63) is 52.8 Å². The van der Waals surface area contributed by atoms with Gasteiger partial charge in [-0.2, -0.15) is 0 Å². The summed E-state index contributed by atoms with van der Waals surface area (Å²) in [5.74, 6) is 5.99. The van der Waals surface area contributed by atoms with Crippen molar-refractivity contribution in [3.63, 3.8) is 0 Å². The van der Waals surface area contributed by atoms with Gasteiger partial charge < -0.3 is 10.2 Å². The lowest BCUT2D eigenvalue weighted by Crippen LogP contribution is -2.08. The number of aryl methyl sites for hydroxylation is 1. The van der Waals surface area contributed by atoms with E-state index in [4.69, 9.17) is 22.2 Å². The minimum atomic E-state index is 0.346. The standard InChI is InChI=1S/C13H14ClN3O/c1-9-2-3-12(14)13(6-9)18-8-11-7-10(17-15)4-5-16-11/h2-7H,8,15H2,1H3,(H,16,17). The highest BCUT2D eigenvalue weighted by molar-refractivity contribution is 6.32. The van der Waals surface area contributed by atoms with Gasteiger partial charge in [0.05, 0.1) is 16.4 Å². The fraction of sp³-hybridized carbons (Fsp3) is 0.154. The molecule has 2 aromatic rings. The lowest BCUT2D eigenvalue weighted by atomic mass is 10.2. The molecule has 94 valence electrons. The zero-order valence-corrected chi connectivity index (χ0v) is 10.7. The van der Waals surface area contributed by atoms with E-state index >= 15 is 0 Å². The van der Waals surface area contributed by atoms with Gasteiger partial charge >= 0.3 is 0 Å². The van der Waals surface area contributed by atoms with Crippen molar-refractivity contribution in [1.29, 1.82) is 0 Å². The number of anilines is 1. The van der Waals surface area contributed by atoms with Gasteiger partial charge in [0, 0.05) is 6.20 Å². The molecule has 1 aromatic heterocycles. The average molecular weight is 264 g/mol. The molecule has 0 bridgehead atoms. The molecule has 2 rings (SSSR count). The fourth-order valence-electron chi connectivity index (χ4n) is 1.52. The Balaban J connectivity index is 2.08. The molecule has 0 unspecified atom stereocenters. The lowest BCUT2D eigenvalue weighted by Gasteiger charge is -2.09. The van der Waals surface area contributed by atoms with Crippen LogP contribution in [0.4, 0.5) is 5.69 Å². The maximum atomic E-state index is 6.04. The van der Waals surface area contributed by atoms with Crippen LogP contribution < -0.4 is 16.0 Å². The Labute approximate surface area is 111 Å². The van der Waals surface area contributed by atoms with E-state index in [1.54, 1.807) is 12.3 Å². The van der Waals surface area contributed by atoms with E-state index in [2.05, 4.69) is 10.4 Å². The summed E-state index contributed by atoms with van der Waals surface area (Å²) in [6.45, 7) is 2.33. The molecule has 0 fully saturated rings. The first-order valence-electron chi connectivity index (χ1n) is 5.49. The number of aromatic nitrogens is 1. The maximum Gasteiger partial charge on any atom is 0.138 e. The minimum Gasteiger partial charge on any atom is -0.486 e. The van der Waals surface area contributed by atoms with Crippen molar-refractivity contribution in [2.45, 2.75) is 13.5 Å². The number of nitrogen functional groups attached to an aromatic ring is 1. The molecule has 0 aliphatic heterocycles. The predicted molar refractivity (Wildman–Crippen MR) is 72.6 cm³/mol. The molecular weight excluding hydrogens is 250 g/mol. The van der Waals surface area contributed by atoms with Gasteiger partial charge in [0.1, 0.15) is 12.4 Å². The molecule has 0 aliphatic carbocycles. The topological polar surface area (TPSA) is 60.2 Å². The van der Waals surface area contributed by atoms with Crippen LogP contribution in [0.2, 0.25) is 5.02 Å². The zero-order chi connectivity index (χ0) is 13.0. The van der Waals surface area contributed by atoms with Crippen molar-refractivity contribution < 1.29 is 4.74 Å². The highest BCUT2D eigenvalue weighted by Gasteiger charge is 2.03. The Kier molecular flexibility index (Phi) is 4.02. The number of nitrogens with zero attached hydrogens (tertiary/aromatic N) is 1. The number of halogens is 1. The Morgan fingerprint density at radius 3 is 2.94 bits per heavy atom. The van der Waals surface area contributed by atoms with Crippen molar-refractivity contribution in [2.24, 2.45) is 5.84 Å². The first kappa shape index (κ1) is 12.7. The molecule has 0 saturated carbocycles. The van der Waals surface area contributed by atoms with Crippen molar-refractivity contribution in [2.75, 3.05) is 5.43 Å². The second kappa shape index (κ2) is 5.71. The SMILES string of the molecule is Cc1ccc(Cl)c(OCc2cc(NN)ccn2)c1. The number of hydrazine groups is 1. The number of benzene rings is 1. The molecule has 4 nitrogen and oxygen atoms in total. The summed E-state index contributed by atoms with van der Waals surface area (Å²) in [7, 11) is 0. The van der Waals surface area contributed by atoms with Crippen LogP contribution in [-0.2, 0) is 6.61 Å². The van der Waals surface area contributed by atoms with E-state index in [-0.39, 0.29) is 0 Å². The number of ether oxygens (including phenoxy) is 1. The van der Waals surface area contributed by atoms with E-state index in [0.717, 1.165) is 16.9 Å². The summed E-state index contributed by atoms with van der Waals surface area (Å²) >= 11 is 6.04. The number of pyridine rings is 1. The van der Waals surface area contributed by atoms with Crippen LogP contribution in [-0.4, -0.2) is 4.98 Å². The highest BCUT2D eigenvalue weighted by Crippen LogP contribution is 2.26. The van der Waals surface area contributed by atoms with Crippen LogP contribution in [0.5, 0.6) is 5.75 Å². The Hall–Kier alpha value is -1.78. The summed E-state index contributed by atoms with van der Waals surface area (Å²) in [6, 6.07) is 9.25. The third-order valence-electron chi connectivity index (χ3n) is 2.45. The minimum absolute atomic E-state index is 0.346. The molecule has 0 spiro atoms. The lowest BCUT2D eigenvalue weighted by molar-refractivity contribution is 0.301. The molecule has 0 saturated heterocycles. The zero-order valence-electron chi connectivity index (χ0n) is 9.98. The Morgan fingerprint density at radius 1 is 1.33 bits per heavy atom. The summed E-state index contributed by atoms with van der Waals surface area (Å²) in [5, 5.41) is 0.591. The first-order chi connectivity index (χ1) is 8.69. The van der Waals surface area contributed by atoms with Crippen LogP contribution in [0.3, 0.4) is 0 Å². The molecular formula is C13H14ClN3O. The number of nitrogens with one attached hydrogen (secondary N) is 1. The van der Waals surface area contributed by atoms with Crippen LogP contribution in [0.15, 0.2) is 36.5 Å². The second-order valence-electron chi connectivity index (χ2n) is 3.90. The van der Waals surface area contributed by atoms with E-state index in [1.165, 1.54) is 0 Å². The summed E-state index contributed by atoms with van der Waals surface area (Å²) in [4.78, 5) is 4.19. The molecule has 0 atom stereocenters. The summed E-state index contributed by atoms with van der Waals surface area (Å²) < 4.78 is 5.64. The Bertz CT molecular complexity index is 546. The van der Waals surface area contributed by atoms with Gasteiger partial charge in [-0.3, -0.25) is 10.8 Å².